The minimum Gasteiger partial charge on any atom is -0.0616 e. The summed E-state index contributed by atoms with van der Waals surface area (Å²) in [6, 6.07) is 81.6. The van der Waals surface area contributed by atoms with Gasteiger partial charge in [-0.15, -0.1) is 0 Å². The topological polar surface area (TPSA) is 0 Å². The van der Waals surface area contributed by atoms with Crippen LogP contribution in [0.15, 0.2) is 218 Å². The van der Waals surface area contributed by atoms with E-state index in [4.69, 9.17) is 0 Å². The third-order valence-corrected chi connectivity index (χ3v) is 14.3. The van der Waals surface area contributed by atoms with E-state index in [0.717, 1.165) is 12.8 Å². The highest BCUT2D eigenvalue weighted by atomic mass is 127. The van der Waals surface area contributed by atoms with Crippen molar-refractivity contribution in [3.63, 3.8) is 0 Å². The molecule has 0 radical (unpaired) electrons. The molecule has 0 aliphatic rings. The van der Waals surface area contributed by atoms with Gasteiger partial charge in [0.15, 0.2) is 0 Å². The quantitative estimate of drug-likeness (QED) is 0.110. The van der Waals surface area contributed by atoms with Gasteiger partial charge >= 0.3 is 0 Å². The maximum Gasteiger partial charge on any atom is 0.0130 e. The highest BCUT2D eigenvalue weighted by Gasteiger charge is 2.21. The Morgan fingerprint density at radius 1 is 0.281 bits per heavy atom. The van der Waals surface area contributed by atoms with Gasteiger partial charge in [0.05, 0.1) is 0 Å². The first-order chi connectivity index (χ1) is 31.6. The lowest BCUT2D eigenvalue weighted by molar-refractivity contribution is 0.969. The van der Waals surface area contributed by atoms with Gasteiger partial charge in [-0.2, -0.15) is 0 Å². The van der Waals surface area contributed by atoms with E-state index in [1.165, 1.54) is 129 Å². The number of rotatable bonds is 7. The summed E-state index contributed by atoms with van der Waals surface area (Å²) in [5, 5.41) is 15.5. The lowest BCUT2D eigenvalue weighted by atomic mass is 9.83. The molecule has 302 valence electrons. The minimum atomic E-state index is 0.956. The first-order valence-electron chi connectivity index (χ1n) is 22.3. The third kappa shape index (κ3) is 6.41. The van der Waals surface area contributed by atoms with Crippen molar-refractivity contribution in [1.82, 2.24) is 0 Å². The summed E-state index contributed by atoms with van der Waals surface area (Å²) in [7, 11) is 0. The molecule has 64 heavy (non-hydrogen) atoms. The lowest BCUT2D eigenvalue weighted by Gasteiger charge is -2.20. The zero-order chi connectivity index (χ0) is 42.7. The SMILES string of the molecule is Cc1ccc(-c2c3ccccc3c(-c3ccc(CCc4ccc(-c5c6ccccc6c(-c6ccc(I)cc6)c6ccccc56)cc4)c4ccccc34)c3ccccc23)c2ccccc12. The van der Waals surface area contributed by atoms with E-state index in [1.807, 2.05) is 0 Å². The van der Waals surface area contributed by atoms with Crippen molar-refractivity contribution in [2.45, 2.75) is 19.8 Å². The number of benzene rings is 12. The molecule has 0 N–H and O–H groups in total. The van der Waals surface area contributed by atoms with Crippen LogP contribution < -0.4 is 0 Å². The maximum atomic E-state index is 2.39. The van der Waals surface area contributed by atoms with Gasteiger partial charge in [-0.05, 0) is 180 Å². The Morgan fingerprint density at radius 2 is 0.625 bits per heavy atom. The molecule has 0 bridgehead atoms. The Hall–Kier alpha value is -7.07. The van der Waals surface area contributed by atoms with Gasteiger partial charge in [0.25, 0.3) is 0 Å². The molecule has 1 heteroatoms. The van der Waals surface area contributed by atoms with Gasteiger partial charge in [-0.3, -0.25) is 0 Å². The van der Waals surface area contributed by atoms with Gasteiger partial charge < -0.3 is 0 Å². The number of aryl methyl sites for hydroxylation is 3. The van der Waals surface area contributed by atoms with E-state index >= 15 is 0 Å². The van der Waals surface area contributed by atoms with Crippen LogP contribution in [0.25, 0.3) is 109 Å². The monoisotopic (exact) mass is 926 g/mol. The van der Waals surface area contributed by atoms with Gasteiger partial charge in [-0.25, -0.2) is 0 Å². The van der Waals surface area contributed by atoms with E-state index in [9.17, 15) is 0 Å². The Labute approximate surface area is 387 Å². The van der Waals surface area contributed by atoms with Crippen molar-refractivity contribution in [3.05, 3.63) is 239 Å². The smallest absolute Gasteiger partial charge is 0.0130 e. The summed E-state index contributed by atoms with van der Waals surface area (Å²) in [6.07, 6.45) is 1.92. The molecule has 0 aliphatic carbocycles. The van der Waals surface area contributed by atoms with Crippen LogP contribution in [0.2, 0.25) is 0 Å². The predicted octanol–water partition coefficient (Wildman–Crippen LogP) is 18.0. The van der Waals surface area contributed by atoms with E-state index in [0.29, 0.717) is 0 Å². The van der Waals surface area contributed by atoms with Crippen LogP contribution in [0, 0.1) is 10.5 Å². The highest BCUT2D eigenvalue weighted by molar-refractivity contribution is 14.1. The second-order valence-corrected chi connectivity index (χ2v) is 18.4. The highest BCUT2D eigenvalue weighted by Crippen LogP contribution is 2.48. The normalized spacial score (nSPS) is 11.7. The summed E-state index contributed by atoms with van der Waals surface area (Å²) in [5.74, 6) is 0. The fraction of sp³-hybridized carbons (Fsp3) is 0.0476. The van der Waals surface area contributed by atoms with Crippen molar-refractivity contribution < 1.29 is 0 Å². The molecule has 0 atom stereocenters. The fourth-order valence-corrected chi connectivity index (χ4v) is 11.0. The van der Waals surface area contributed by atoms with Gasteiger partial charge in [-0.1, -0.05) is 206 Å². The predicted molar refractivity (Wildman–Crippen MR) is 285 cm³/mol. The molecule has 0 aliphatic heterocycles. The standard InChI is InChI=1S/C63H43I/c1-40-26-38-58(48-16-4-2-14-46(40)48)62-54-22-10-12-24-56(54)63(57-25-13-11-23-55(57)62)59-39-35-42(47-15-3-5-17-49(47)59)30-27-41-28-31-43(32-29-41)60-50-18-6-8-20-52(50)61(44-33-36-45(64)37-34-44)53-21-9-7-19-51(53)60/h2-26,28-29,31-39H,27,30H2,1H3. The van der Waals surface area contributed by atoms with Crippen molar-refractivity contribution in [1.29, 1.82) is 0 Å². The van der Waals surface area contributed by atoms with Crippen LogP contribution in [-0.2, 0) is 12.8 Å². The van der Waals surface area contributed by atoms with Crippen LogP contribution in [0.4, 0.5) is 0 Å². The van der Waals surface area contributed by atoms with Crippen molar-refractivity contribution >= 4 is 87.2 Å². The molecule has 0 fully saturated rings. The zero-order valence-corrected chi connectivity index (χ0v) is 37.7. The first-order valence-corrected chi connectivity index (χ1v) is 23.4. The molecule has 0 aromatic heterocycles. The van der Waals surface area contributed by atoms with Crippen LogP contribution in [0.3, 0.4) is 0 Å². The zero-order valence-electron chi connectivity index (χ0n) is 35.6. The Bertz CT molecular complexity index is 3670. The van der Waals surface area contributed by atoms with Gasteiger partial charge in [0.2, 0.25) is 0 Å². The molecular formula is C63H43I. The number of hydrogen-bond donors (Lipinski definition) is 0. The molecule has 0 nitrogen and oxygen atoms in total. The molecule has 12 aromatic carbocycles. The van der Waals surface area contributed by atoms with Crippen LogP contribution in [-0.4, -0.2) is 0 Å². The number of hydrogen-bond acceptors (Lipinski definition) is 0. The third-order valence-electron chi connectivity index (χ3n) is 13.6. The fourth-order valence-electron chi connectivity index (χ4n) is 10.7. The minimum absolute atomic E-state index is 0.956. The molecule has 0 unspecified atom stereocenters. The summed E-state index contributed by atoms with van der Waals surface area (Å²) < 4.78 is 1.24. The summed E-state index contributed by atoms with van der Waals surface area (Å²) in [4.78, 5) is 0. The van der Waals surface area contributed by atoms with E-state index in [2.05, 4.69) is 248 Å². The van der Waals surface area contributed by atoms with Crippen molar-refractivity contribution in [2.24, 2.45) is 0 Å². The summed E-state index contributed by atoms with van der Waals surface area (Å²) >= 11 is 2.39. The lowest BCUT2D eigenvalue weighted by Crippen LogP contribution is -1.96. The molecule has 0 amide bonds. The molecule has 0 spiro atoms. The van der Waals surface area contributed by atoms with Crippen LogP contribution >= 0.6 is 22.6 Å². The molecule has 0 saturated carbocycles. The Balaban J connectivity index is 0.925. The van der Waals surface area contributed by atoms with Crippen molar-refractivity contribution in [2.75, 3.05) is 0 Å². The summed E-state index contributed by atoms with van der Waals surface area (Å²) in [6.45, 7) is 2.21. The molecule has 12 aromatic rings. The number of halogens is 1. The van der Waals surface area contributed by atoms with Gasteiger partial charge in [0, 0.05) is 3.57 Å². The van der Waals surface area contributed by atoms with Gasteiger partial charge in [0.1, 0.15) is 0 Å². The average molecular weight is 927 g/mol. The maximum absolute atomic E-state index is 2.39. The second kappa shape index (κ2) is 15.9. The van der Waals surface area contributed by atoms with Crippen LogP contribution in [0.5, 0.6) is 0 Å². The Morgan fingerprint density at radius 3 is 1.08 bits per heavy atom. The molecule has 0 saturated heterocycles. The largest absolute Gasteiger partial charge is 0.0616 e. The number of fused-ring (bicyclic) bond motifs is 6. The molecular weight excluding hydrogens is 884 g/mol. The molecule has 12 rings (SSSR count). The van der Waals surface area contributed by atoms with Crippen molar-refractivity contribution in [3.8, 4) is 44.5 Å². The second-order valence-electron chi connectivity index (χ2n) is 17.2. The summed E-state index contributed by atoms with van der Waals surface area (Å²) in [5.41, 5.74) is 14.3. The molecule has 0 heterocycles. The Kier molecular flexibility index (Phi) is 9.61. The van der Waals surface area contributed by atoms with Crippen LogP contribution in [0.1, 0.15) is 16.7 Å². The van der Waals surface area contributed by atoms with E-state index < -0.39 is 0 Å². The first kappa shape index (κ1) is 38.6. The van der Waals surface area contributed by atoms with E-state index in [-0.39, 0.29) is 0 Å². The van der Waals surface area contributed by atoms with E-state index in [1.54, 1.807) is 0 Å². The average Bonchev–Trinajstić information content (AvgIpc) is 3.35.